The van der Waals surface area contributed by atoms with Crippen LogP contribution in [0.25, 0.3) is 0 Å². The molecule has 0 spiro atoms. The van der Waals surface area contributed by atoms with Gasteiger partial charge in [0.1, 0.15) is 0 Å². The van der Waals surface area contributed by atoms with Crippen LogP contribution in [-0.4, -0.2) is 41.0 Å². The molecule has 2 aliphatic heterocycles. The van der Waals surface area contributed by atoms with Gasteiger partial charge in [-0.1, -0.05) is 15.9 Å². The van der Waals surface area contributed by atoms with Crippen LogP contribution in [-0.2, 0) is 4.74 Å². The Bertz CT molecular complexity index is 618. The number of halogens is 2. The van der Waals surface area contributed by atoms with Crippen LogP contribution in [0.2, 0.25) is 0 Å². The van der Waals surface area contributed by atoms with Crippen LogP contribution in [0.15, 0.2) is 16.6 Å². The highest BCUT2D eigenvalue weighted by atomic mass is 79.9. The summed E-state index contributed by atoms with van der Waals surface area (Å²) in [5, 5.41) is 10.9. The number of ether oxygens (including phenoxy) is 1. The molecule has 8 heteroatoms. The normalized spacial score (nSPS) is 24.2. The lowest BCUT2D eigenvalue weighted by Crippen LogP contribution is -2.57. The van der Waals surface area contributed by atoms with Crippen molar-refractivity contribution in [2.75, 3.05) is 13.2 Å². The zero-order valence-corrected chi connectivity index (χ0v) is 13.2. The lowest BCUT2D eigenvalue weighted by molar-refractivity contribution is -0.387. The summed E-state index contributed by atoms with van der Waals surface area (Å²) in [6.45, 7) is 0.861. The summed E-state index contributed by atoms with van der Waals surface area (Å²) < 4.78 is 20.1. The molecule has 0 aliphatic carbocycles. The highest BCUT2D eigenvalue weighted by molar-refractivity contribution is 9.10. The Balaban J connectivity index is 2.00. The van der Waals surface area contributed by atoms with Crippen molar-refractivity contribution in [1.82, 2.24) is 4.90 Å². The Hall–Kier alpha value is -1.54. The molecule has 2 unspecified atom stereocenters. The zero-order chi connectivity index (χ0) is 15.9. The maximum absolute atomic E-state index is 14.3. The number of rotatable bonds is 2. The molecule has 3 rings (SSSR count). The molecule has 2 bridgehead atoms. The minimum atomic E-state index is -1.08. The molecule has 2 heterocycles. The summed E-state index contributed by atoms with van der Waals surface area (Å²) in [6, 6.07) is 2.19. The predicted octanol–water partition coefficient (Wildman–Crippen LogP) is 2.89. The second-order valence-corrected chi connectivity index (χ2v) is 6.45. The Labute approximate surface area is 134 Å². The molecule has 2 aliphatic rings. The number of hydrogen-bond donors (Lipinski definition) is 0. The van der Waals surface area contributed by atoms with Crippen LogP contribution < -0.4 is 0 Å². The molecule has 0 radical (unpaired) electrons. The first-order valence-corrected chi connectivity index (χ1v) is 7.82. The summed E-state index contributed by atoms with van der Waals surface area (Å²) in [6.07, 6.45) is 2.61. The van der Waals surface area contributed by atoms with Crippen molar-refractivity contribution in [2.45, 2.75) is 31.3 Å². The van der Waals surface area contributed by atoms with Gasteiger partial charge < -0.3 is 9.64 Å². The van der Waals surface area contributed by atoms with Gasteiger partial charge in [-0.25, -0.2) is 0 Å². The quantitative estimate of drug-likeness (QED) is 0.590. The fourth-order valence-electron chi connectivity index (χ4n) is 3.17. The van der Waals surface area contributed by atoms with E-state index >= 15 is 0 Å². The number of nitro benzene ring substituents is 1. The third-order valence-electron chi connectivity index (χ3n) is 4.16. The highest BCUT2D eigenvalue weighted by Gasteiger charge is 2.39. The number of benzene rings is 1. The van der Waals surface area contributed by atoms with Gasteiger partial charge in [-0.2, -0.15) is 4.39 Å². The van der Waals surface area contributed by atoms with Crippen molar-refractivity contribution < 1.29 is 18.8 Å². The lowest BCUT2D eigenvalue weighted by Gasteiger charge is -2.45. The number of amides is 1. The zero-order valence-electron chi connectivity index (χ0n) is 11.6. The van der Waals surface area contributed by atoms with Crippen LogP contribution in [0.4, 0.5) is 10.1 Å². The van der Waals surface area contributed by atoms with Gasteiger partial charge >= 0.3 is 5.69 Å². The Morgan fingerprint density at radius 2 is 2.00 bits per heavy atom. The van der Waals surface area contributed by atoms with E-state index in [9.17, 15) is 19.3 Å². The molecular formula is C14H14BrFN2O4. The van der Waals surface area contributed by atoms with Crippen LogP contribution >= 0.6 is 15.9 Å². The minimum absolute atomic E-state index is 0.0857. The van der Waals surface area contributed by atoms with Crippen molar-refractivity contribution in [3.63, 3.8) is 0 Å². The number of piperidine rings is 1. The van der Waals surface area contributed by atoms with Crippen molar-refractivity contribution >= 4 is 27.5 Å². The standard InChI is InChI=1S/C14H14BrFN2O4/c15-8-4-11(13(16)12(5-8)18(20)21)14(19)17-9-2-1-3-10(17)7-22-6-9/h4-5,9-10H,1-3,6-7H2. The molecular weight excluding hydrogens is 359 g/mol. The van der Waals surface area contributed by atoms with Gasteiger partial charge in [0.05, 0.1) is 35.8 Å². The van der Waals surface area contributed by atoms with Crippen LogP contribution in [0.3, 0.4) is 0 Å². The summed E-state index contributed by atoms with van der Waals surface area (Å²) in [5.74, 6) is -1.58. The molecule has 2 fully saturated rings. The van der Waals surface area contributed by atoms with Crippen molar-refractivity contribution in [1.29, 1.82) is 0 Å². The van der Waals surface area contributed by atoms with E-state index in [1.807, 2.05) is 0 Å². The van der Waals surface area contributed by atoms with E-state index in [0.717, 1.165) is 25.3 Å². The van der Waals surface area contributed by atoms with Crippen molar-refractivity contribution in [3.05, 3.63) is 38.1 Å². The second-order valence-electron chi connectivity index (χ2n) is 5.53. The Morgan fingerprint density at radius 1 is 1.36 bits per heavy atom. The monoisotopic (exact) mass is 372 g/mol. The summed E-state index contributed by atoms with van der Waals surface area (Å²) in [4.78, 5) is 24.5. The molecule has 6 nitrogen and oxygen atoms in total. The van der Waals surface area contributed by atoms with Gasteiger partial charge in [-0.3, -0.25) is 14.9 Å². The molecule has 1 aromatic carbocycles. The van der Waals surface area contributed by atoms with E-state index in [2.05, 4.69) is 15.9 Å². The maximum Gasteiger partial charge on any atom is 0.306 e. The smallest absolute Gasteiger partial charge is 0.306 e. The van der Waals surface area contributed by atoms with Crippen LogP contribution in [0.5, 0.6) is 0 Å². The molecule has 1 amide bonds. The largest absolute Gasteiger partial charge is 0.377 e. The second kappa shape index (κ2) is 5.92. The van der Waals surface area contributed by atoms with Crippen molar-refractivity contribution in [2.24, 2.45) is 0 Å². The number of fused-ring (bicyclic) bond motifs is 2. The molecule has 0 N–H and O–H groups in total. The number of nitrogens with zero attached hydrogens (tertiary/aromatic N) is 2. The molecule has 2 atom stereocenters. The van der Waals surface area contributed by atoms with Gasteiger partial charge in [0.25, 0.3) is 5.91 Å². The first-order chi connectivity index (χ1) is 10.5. The maximum atomic E-state index is 14.3. The number of nitro groups is 1. The SMILES string of the molecule is O=C(c1cc(Br)cc([N+](=O)[O-])c1F)N1C2CCCC1COC2. The molecule has 22 heavy (non-hydrogen) atoms. The van der Waals surface area contributed by atoms with E-state index < -0.39 is 22.3 Å². The minimum Gasteiger partial charge on any atom is -0.377 e. The van der Waals surface area contributed by atoms with Gasteiger partial charge in [0.15, 0.2) is 0 Å². The number of morpholine rings is 1. The first-order valence-electron chi connectivity index (χ1n) is 7.03. The third-order valence-corrected chi connectivity index (χ3v) is 4.62. The van der Waals surface area contributed by atoms with E-state index in [0.29, 0.717) is 17.7 Å². The summed E-state index contributed by atoms with van der Waals surface area (Å²) >= 11 is 3.10. The number of carbonyl (C=O) groups is 1. The van der Waals surface area contributed by atoms with Gasteiger partial charge in [0, 0.05) is 10.5 Å². The topological polar surface area (TPSA) is 72.7 Å². The Kier molecular flexibility index (Phi) is 4.14. The fraction of sp³-hybridized carbons (Fsp3) is 0.500. The molecule has 0 aromatic heterocycles. The average Bonchev–Trinajstić information content (AvgIpc) is 2.47. The molecule has 2 saturated heterocycles. The van der Waals surface area contributed by atoms with Crippen LogP contribution in [0.1, 0.15) is 29.6 Å². The lowest BCUT2D eigenvalue weighted by atomic mass is 9.93. The number of carbonyl (C=O) groups excluding carboxylic acids is 1. The van der Waals surface area contributed by atoms with E-state index in [1.165, 1.54) is 6.07 Å². The van der Waals surface area contributed by atoms with Gasteiger partial charge in [0.2, 0.25) is 5.82 Å². The highest BCUT2D eigenvalue weighted by Crippen LogP contribution is 2.32. The van der Waals surface area contributed by atoms with E-state index in [-0.39, 0.29) is 17.6 Å². The fourth-order valence-corrected chi connectivity index (χ4v) is 3.61. The van der Waals surface area contributed by atoms with Gasteiger partial charge in [-0.15, -0.1) is 0 Å². The summed E-state index contributed by atoms with van der Waals surface area (Å²) in [7, 11) is 0. The predicted molar refractivity (Wildman–Crippen MR) is 79.2 cm³/mol. The van der Waals surface area contributed by atoms with E-state index in [1.54, 1.807) is 4.90 Å². The van der Waals surface area contributed by atoms with Crippen LogP contribution in [0, 0.1) is 15.9 Å². The first kappa shape index (κ1) is 15.4. The average molecular weight is 373 g/mol. The molecule has 1 aromatic rings. The Morgan fingerprint density at radius 3 is 2.59 bits per heavy atom. The van der Waals surface area contributed by atoms with Crippen molar-refractivity contribution in [3.8, 4) is 0 Å². The van der Waals surface area contributed by atoms with E-state index in [4.69, 9.17) is 4.74 Å². The number of hydrogen-bond acceptors (Lipinski definition) is 4. The van der Waals surface area contributed by atoms with Gasteiger partial charge in [-0.05, 0) is 25.3 Å². The third kappa shape index (κ3) is 2.61. The molecule has 0 saturated carbocycles. The summed E-state index contributed by atoms with van der Waals surface area (Å²) in [5.41, 5.74) is -0.962. The molecule has 118 valence electrons.